The number of aliphatic hydroxyl groups excluding tert-OH is 1. The van der Waals surface area contributed by atoms with E-state index < -0.39 is 86.2 Å². The second-order valence-electron chi connectivity index (χ2n) is 37.3. The van der Waals surface area contributed by atoms with E-state index in [-0.39, 0.29) is 99.8 Å². The topological polar surface area (TPSA) is 495 Å². The molecule has 0 spiro atoms. The van der Waals surface area contributed by atoms with Crippen molar-refractivity contribution >= 4 is 89.9 Å². The number of carbonyl (C=O) groups excluding carboxylic acids is 11. The summed E-state index contributed by atoms with van der Waals surface area (Å²) in [6, 6.07) is 0. The molecule has 0 fully saturated rings. The highest BCUT2D eigenvalue weighted by Crippen LogP contribution is 2.26. The Bertz CT molecular complexity index is 3070. The lowest BCUT2D eigenvalue weighted by atomic mass is 9.91. The standard InChI is InChI=1S/C21H39NO6.C19H35NO6.C19H36O6.C18H33NO6.4C6H12O2/c1-6-9-15-26-18(23)13-11-10-12-16-28-20(25)22(8-3)14-17-27-19(24)21(4,5)7-2;1-5-7-13-24-16(21)11-9-8-10-14-26-18(23)20-12-15-25-17(22)19(3,4)6-2;1-5-7-13-24-17(21)11-9-8-10-12-23-14-16(20)15-25-18(22)19(3,4)6-2;1-4-6-12-23-16(20)10-8-7-9-13-25-18(22)19-11-14-24-17(21)15(3)5-2;4*1-4-6(2,3)5(7)8/h6-17H2,1-5H3;5-15H2,1-4H3,(H,20,23);16,20H,5-15H2,1-4H3;15H,4-14H2,1-3H3,(H,19,22);4*4H2,1-3H3,(H,7,8). The van der Waals surface area contributed by atoms with Crippen LogP contribution >= 0.6 is 0 Å². The minimum absolute atomic E-state index is 0.0497. The molecule has 0 bridgehead atoms. The number of hydrogen-bond donors (Lipinski definition) is 7. The molecule has 3 amide bonds. The number of alkyl carbamates (subject to hydrolysis) is 2. The number of carboxylic acid groups (broad SMARTS) is 4. The largest absolute Gasteiger partial charge is 0.481 e. The molecule has 0 aromatic rings. The number of hydrogen-bond acceptors (Lipinski definition) is 28. The lowest BCUT2D eigenvalue weighted by molar-refractivity contribution is -0.158. The molecule has 2 atom stereocenters. The van der Waals surface area contributed by atoms with E-state index in [0.717, 1.165) is 116 Å². The highest BCUT2D eigenvalue weighted by atomic mass is 16.6. The Hall–Kier alpha value is -8.63. The maximum absolute atomic E-state index is 12.1. The van der Waals surface area contributed by atoms with Crippen LogP contribution in [0.25, 0.3) is 0 Å². The second-order valence-corrected chi connectivity index (χ2v) is 37.3. The molecule has 0 aromatic carbocycles. The van der Waals surface area contributed by atoms with Crippen molar-refractivity contribution < 1.29 is 154 Å². The SMILES string of the molecule is CCC(C)(C)C(=O)O.CCC(C)(C)C(=O)O.CCC(C)(C)C(=O)O.CCC(C)(C)C(=O)O.CCCCOC(=O)CCCCCOC(=O)N(CC)CCOC(=O)C(C)(C)CC.CCCCOC(=O)CCCCCOC(=O)NCCOC(=O)C(C)(C)CC.CCCCOC(=O)CCCCCOC(=O)NCCOC(=O)C(C)CC.CCCCOC(=O)CCCCCOCC(O)COC(=O)C(C)(C)CC. The third-order valence-corrected chi connectivity index (χ3v) is 22.3. The average molecular weight is 1960 g/mol. The van der Waals surface area contributed by atoms with Gasteiger partial charge in [0, 0.05) is 38.8 Å². The van der Waals surface area contributed by atoms with E-state index in [1.807, 2.05) is 118 Å². The van der Waals surface area contributed by atoms with Gasteiger partial charge in [-0.25, -0.2) is 14.4 Å². The molecular formula is C101H191N3O32. The van der Waals surface area contributed by atoms with Crippen molar-refractivity contribution in [1.82, 2.24) is 15.5 Å². The number of aliphatic carboxylic acids is 4. The van der Waals surface area contributed by atoms with E-state index >= 15 is 0 Å². The predicted molar refractivity (Wildman–Crippen MR) is 524 cm³/mol. The zero-order valence-corrected chi connectivity index (χ0v) is 89.5. The molecule has 2 unspecified atom stereocenters. The highest BCUT2D eigenvalue weighted by Gasteiger charge is 2.31. The van der Waals surface area contributed by atoms with Crippen LogP contribution in [0.1, 0.15) is 399 Å². The van der Waals surface area contributed by atoms with Crippen LogP contribution in [0, 0.1) is 43.8 Å². The summed E-state index contributed by atoms with van der Waals surface area (Å²) in [6.45, 7) is 56.8. The highest BCUT2D eigenvalue weighted by molar-refractivity contribution is 5.78. The molecule has 35 heteroatoms. The van der Waals surface area contributed by atoms with Crippen LogP contribution in [0.4, 0.5) is 14.4 Å². The molecule has 0 aliphatic carbocycles. The molecule has 7 N–H and O–H groups in total. The van der Waals surface area contributed by atoms with Crippen LogP contribution in [0.5, 0.6) is 0 Å². The van der Waals surface area contributed by atoms with Crippen molar-refractivity contribution in [2.45, 2.75) is 405 Å². The smallest absolute Gasteiger partial charge is 0.409 e. The lowest BCUT2D eigenvalue weighted by Crippen LogP contribution is -2.36. The van der Waals surface area contributed by atoms with Gasteiger partial charge in [-0.2, -0.15) is 0 Å². The Balaban J connectivity index is -0.000000241. The number of nitrogens with one attached hydrogen (secondary N) is 2. The van der Waals surface area contributed by atoms with Crippen LogP contribution < -0.4 is 10.6 Å². The fourth-order valence-electron chi connectivity index (χ4n) is 8.19. The minimum atomic E-state index is -0.815. The van der Waals surface area contributed by atoms with E-state index in [0.29, 0.717) is 156 Å². The number of carboxylic acids is 4. The van der Waals surface area contributed by atoms with Gasteiger partial charge in [-0.3, -0.25) is 57.5 Å². The van der Waals surface area contributed by atoms with E-state index in [1.165, 1.54) is 4.90 Å². The van der Waals surface area contributed by atoms with Gasteiger partial charge in [-0.05, 0) is 252 Å². The molecule has 802 valence electrons. The first-order valence-electron chi connectivity index (χ1n) is 49.7. The summed E-state index contributed by atoms with van der Waals surface area (Å²) in [7, 11) is 0. The van der Waals surface area contributed by atoms with Gasteiger partial charge < -0.3 is 97.9 Å². The molecule has 0 rings (SSSR count). The summed E-state index contributed by atoms with van der Waals surface area (Å²) in [5.41, 5.74) is -3.72. The maximum atomic E-state index is 12.1. The van der Waals surface area contributed by atoms with Crippen molar-refractivity contribution in [3.05, 3.63) is 0 Å². The minimum Gasteiger partial charge on any atom is -0.481 e. The number of nitrogens with zero attached hydrogens (tertiary/aromatic N) is 1. The Morgan fingerprint density at radius 3 is 0.816 bits per heavy atom. The molecule has 0 heterocycles. The first-order chi connectivity index (χ1) is 63.5. The van der Waals surface area contributed by atoms with E-state index in [1.54, 1.807) is 62.3 Å². The number of carbonyl (C=O) groups is 15. The Kier molecular flexibility index (Phi) is 92.2. The third-order valence-electron chi connectivity index (χ3n) is 22.3. The van der Waals surface area contributed by atoms with Crippen molar-refractivity contribution in [3.8, 4) is 0 Å². The Morgan fingerprint density at radius 1 is 0.287 bits per heavy atom. The van der Waals surface area contributed by atoms with Crippen molar-refractivity contribution in [2.75, 3.05) is 112 Å². The lowest BCUT2D eigenvalue weighted by Gasteiger charge is -2.23. The molecule has 0 aromatic heterocycles. The molecule has 0 saturated heterocycles. The summed E-state index contributed by atoms with van der Waals surface area (Å²) in [5, 5.41) is 48.6. The van der Waals surface area contributed by atoms with Gasteiger partial charge in [-0.15, -0.1) is 0 Å². The number of likely N-dealkylation sites (N-methyl/N-ethyl adjacent to an activating group) is 1. The molecule has 35 nitrogen and oxygen atoms in total. The first kappa shape index (κ1) is 143. The van der Waals surface area contributed by atoms with Crippen LogP contribution in [0.3, 0.4) is 0 Å². The number of amides is 3. The summed E-state index contributed by atoms with van der Waals surface area (Å²) in [6.07, 6.45) is 21.6. The van der Waals surface area contributed by atoms with Gasteiger partial charge in [-0.1, -0.05) is 122 Å². The normalized spacial score (nSPS) is 11.5. The summed E-state index contributed by atoms with van der Waals surface area (Å²) >= 11 is 0. The van der Waals surface area contributed by atoms with Gasteiger partial charge >= 0.3 is 89.9 Å². The van der Waals surface area contributed by atoms with Gasteiger partial charge in [0.1, 0.15) is 32.5 Å². The van der Waals surface area contributed by atoms with Gasteiger partial charge in [0.05, 0.1) is 116 Å². The van der Waals surface area contributed by atoms with E-state index in [2.05, 4.69) is 24.5 Å². The van der Waals surface area contributed by atoms with Gasteiger partial charge in [0.15, 0.2) is 0 Å². The first-order valence-corrected chi connectivity index (χ1v) is 49.7. The molecular weight excluding hydrogens is 1770 g/mol. The van der Waals surface area contributed by atoms with Crippen LogP contribution in [-0.4, -0.2) is 239 Å². The molecule has 0 aliphatic rings. The van der Waals surface area contributed by atoms with Crippen LogP contribution in [0.15, 0.2) is 0 Å². The number of unbranched alkanes of at least 4 members (excludes halogenated alkanes) is 12. The number of aliphatic hydroxyl groups is 1. The van der Waals surface area contributed by atoms with Gasteiger partial charge in [0.25, 0.3) is 0 Å². The Labute approximate surface area is 817 Å². The number of ether oxygens (including phenoxy) is 12. The summed E-state index contributed by atoms with van der Waals surface area (Å²) in [4.78, 5) is 170. The fourth-order valence-corrected chi connectivity index (χ4v) is 8.19. The summed E-state index contributed by atoms with van der Waals surface area (Å²) in [5.74, 6) is -4.75. The third kappa shape index (κ3) is 88.1. The average Bonchev–Trinajstić information content (AvgIpc) is 0.865. The maximum Gasteiger partial charge on any atom is 0.409 e. The van der Waals surface area contributed by atoms with E-state index in [4.69, 9.17) is 77.3 Å². The van der Waals surface area contributed by atoms with Crippen LogP contribution in [-0.2, 0) is 114 Å². The van der Waals surface area contributed by atoms with Crippen molar-refractivity contribution in [1.29, 1.82) is 0 Å². The van der Waals surface area contributed by atoms with Crippen LogP contribution in [0.2, 0.25) is 0 Å². The van der Waals surface area contributed by atoms with E-state index in [9.17, 15) is 77.0 Å². The number of esters is 8. The molecule has 0 aliphatic heterocycles. The monoisotopic (exact) mass is 1960 g/mol. The van der Waals surface area contributed by atoms with Crippen molar-refractivity contribution in [2.24, 2.45) is 43.8 Å². The second kappa shape index (κ2) is 87.8. The number of rotatable bonds is 66. The van der Waals surface area contributed by atoms with Gasteiger partial charge in [0.2, 0.25) is 0 Å². The summed E-state index contributed by atoms with van der Waals surface area (Å²) < 4.78 is 61.4. The quantitative estimate of drug-likeness (QED) is 0.0169. The zero-order valence-electron chi connectivity index (χ0n) is 89.5. The predicted octanol–water partition coefficient (Wildman–Crippen LogP) is 20.4. The fraction of sp³-hybridized carbons (Fsp3) is 0.851. The van der Waals surface area contributed by atoms with Crippen molar-refractivity contribution in [3.63, 3.8) is 0 Å². The molecule has 136 heavy (non-hydrogen) atoms. The molecule has 0 radical (unpaired) electrons. The zero-order chi connectivity index (χ0) is 106. The Morgan fingerprint density at radius 2 is 0.551 bits per heavy atom. The molecule has 0 saturated carbocycles.